The van der Waals surface area contributed by atoms with E-state index in [2.05, 4.69) is 24.2 Å². The molecule has 1 unspecified atom stereocenters. The maximum Gasteiger partial charge on any atom is 0.0190 e. The van der Waals surface area contributed by atoms with Gasteiger partial charge in [0.15, 0.2) is 0 Å². The van der Waals surface area contributed by atoms with Crippen molar-refractivity contribution in [3.8, 4) is 0 Å². The lowest BCUT2D eigenvalue weighted by molar-refractivity contribution is 0.182. The van der Waals surface area contributed by atoms with Crippen molar-refractivity contribution in [2.24, 2.45) is 0 Å². The van der Waals surface area contributed by atoms with Gasteiger partial charge in [-0.1, -0.05) is 0 Å². The second-order valence-electron chi connectivity index (χ2n) is 3.88. The van der Waals surface area contributed by atoms with Gasteiger partial charge in [0.05, 0.1) is 0 Å². The molecule has 1 aliphatic rings. The third-order valence-corrected chi connectivity index (χ3v) is 3.04. The summed E-state index contributed by atoms with van der Waals surface area (Å²) in [5.74, 6) is 0. The molecular formula is C9H20N2. The molecule has 1 aliphatic heterocycles. The zero-order valence-electron chi connectivity index (χ0n) is 7.98. The molecule has 66 valence electrons. The fraction of sp³-hybridized carbons (Fsp3) is 1.00. The number of likely N-dealkylation sites (tertiary alicyclic amines) is 1. The molecule has 1 atom stereocenters. The lowest BCUT2D eigenvalue weighted by Gasteiger charge is -2.32. The normalized spacial score (nSPS) is 33.0. The van der Waals surface area contributed by atoms with Crippen molar-refractivity contribution >= 4 is 0 Å². The van der Waals surface area contributed by atoms with Crippen LogP contribution in [0.3, 0.4) is 0 Å². The van der Waals surface area contributed by atoms with Crippen molar-refractivity contribution in [1.29, 1.82) is 0 Å². The van der Waals surface area contributed by atoms with E-state index in [0.717, 1.165) is 6.54 Å². The molecule has 0 saturated carbocycles. The van der Waals surface area contributed by atoms with Crippen molar-refractivity contribution in [2.45, 2.75) is 31.7 Å². The summed E-state index contributed by atoms with van der Waals surface area (Å²) in [5.41, 5.74) is 0.475. The van der Waals surface area contributed by atoms with E-state index < -0.39 is 0 Å². The summed E-state index contributed by atoms with van der Waals surface area (Å²) in [7, 11) is 4.26. The molecule has 0 aliphatic carbocycles. The first-order chi connectivity index (χ1) is 5.19. The Kier molecular flexibility index (Phi) is 2.90. The van der Waals surface area contributed by atoms with Crippen LogP contribution in [-0.4, -0.2) is 37.6 Å². The van der Waals surface area contributed by atoms with Crippen LogP contribution in [0.5, 0.6) is 0 Å². The lowest BCUT2D eigenvalue weighted by atomic mass is 9.95. The Bertz CT molecular complexity index is 125. The van der Waals surface area contributed by atoms with Crippen LogP contribution in [0.1, 0.15) is 26.2 Å². The van der Waals surface area contributed by atoms with E-state index >= 15 is 0 Å². The minimum atomic E-state index is 0.475. The SMILES string of the molecule is CNCCC1(C)CCCN1C. The highest BCUT2D eigenvalue weighted by molar-refractivity contribution is 4.90. The molecule has 0 bridgehead atoms. The first kappa shape index (κ1) is 9.01. The zero-order valence-corrected chi connectivity index (χ0v) is 7.98. The van der Waals surface area contributed by atoms with Gasteiger partial charge >= 0.3 is 0 Å². The summed E-state index contributed by atoms with van der Waals surface area (Å²) in [6.07, 6.45) is 4.02. The second kappa shape index (κ2) is 3.55. The third-order valence-electron chi connectivity index (χ3n) is 3.04. The number of hydrogen-bond donors (Lipinski definition) is 1. The Hall–Kier alpha value is -0.0800. The summed E-state index contributed by atoms with van der Waals surface area (Å²) in [6, 6.07) is 0. The van der Waals surface area contributed by atoms with Gasteiger partial charge in [-0.3, -0.25) is 0 Å². The fourth-order valence-corrected chi connectivity index (χ4v) is 1.87. The van der Waals surface area contributed by atoms with Crippen LogP contribution in [0.15, 0.2) is 0 Å². The van der Waals surface area contributed by atoms with Gasteiger partial charge in [-0.15, -0.1) is 0 Å². The van der Waals surface area contributed by atoms with Gasteiger partial charge in [-0.2, -0.15) is 0 Å². The Labute approximate surface area is 70.0 Å². The summed E-state index contributed by atoms with van der Waals surface area (Å²) in [6.45, 7) is 4.79. The van der Waals surface area contributed by atoms with Crippen LogP contribution < -0.4 is 5.32 Å². The Balaban J connectivity index is 2.38. The zero-order chi connectivity index (χ0) is 8.32. The second-order valence-corrected chi connectivity index (χ2v) is 3.88. The van der Waals surface area contributed by atoms with Gasteiger partial charge in [0.2, 0.25) is 0 Å². The van der Waals surface area contributed by atoms with E-state index in [0.29, 0.717) is 5.54 Å². The fourth-order valence-electron chi connectivity index (χ4n) is 1.87. The standard InChI is InChI=1S/C9H20N2/c1-9(6-7-10-2)5-4-8-11(9)3/h10H,4-8H2,1-3H3. The topological polar surface area (TPSA) is 15.3 Å². The number of nitrogens with zero attached hydrogens (tertiary/aromatic N) is 1. The van der Waals surface area contributed by atoms with Crippen molar-refractivity contribution in [2.75, 3.05) is 27.2 Å². The van der Waals surface area contributed by atoms with Gasteiger partial charge in [0.25, 0.3) is 0 Å². The van der Waals surface area contributed by atoms with Crippen molar-refractivity contribution in [3.63, 3.8) is 0 Å². The molecule has 0 aromatic rings. The third kappa shape index (κ3) is 1.94. The van der Waals surface area contributed by atoms with Crippen LogP contribution in [0.2, 0.25) is 0 Å². The van der Waals surface area contributed by atoms with Gasteiger partial charge in [-0.05, 0) is 53.4 Å². The van der Waals surface area contributed by atoms with Crippen LogP contribution in [-0.2, 0) is 0 Å². The highest BCUT2D eigenvalue weighted by atomic mass is 15.2. The molecule has 1 saturated heterocycles. The van der Waals surface area contributed by atoms with Crippen LogP contribution in [0.4, 0.5) is 0 Å². The van der Waals surface area contributed by atoms with Crippen molar-refractivity contribution in [3.05, 3.63) is 0 Å². The summed E-state index contributed by atoms with van der Waals surface area (Å²) in [4.78, 5) is 2.49. The first-order valence-electron chi connectivity index (χ1n) is 4.55. The molecule has 1 fully saturated rings. The van der Waals surface area contributed by atoms with E-state index in [1.165, 1.54) is 25.8 Å². The van der Waals surface area contributed by atoms with Crippen molar-refractivity contribution in [1.82, 2.24) is 10.2 Å². The van der Waals surface area contributed by atoms with E-state index in [4.69, 9.17) is 0 Å². The van der Waals surface area contributed by atoms with Crippen LogP contribution in [0, 0.1) is 0 Å². The first-order valence-corrected chi connectivity index (χ1v) is 4.55. The quantitative estimate of drug-likeness (QED) is 0.658. The largest absolute Gasteiger partial charge is 0.320 e. The minimum Gasteiger partial charge on any atom is -0.320 e. The van der Waals surface area contributed by atoms with Crippen LogP contribution in [0.25, 0.3) is 0 Å². The van der Waals surface area contributed by atoms with Gasteiger partial charge in [-0.25, -0.2) is 0 Å². The average molecular weight is 156 g/mol. The minimum absolute atomic E-state index is 0.475. The molecule has 11 heavy (non-hydrogen) atoms. The number of hydrogen-bond acceptors (Lipinski definition) is 2. The molecular weight excluding hydrogens is 136 g/mol. The highest BCUT2D eigenvalue weighted by Crippen LogP contribution is 2.29. The summed E-state index contributed by atoms with van der Waals surface area (Å²) >= 11 is 0. The predicted octanol–water partition coefficient (Wildman–Crippen LogP) is 1.08. The molecule has 1 rings (SSSR count). The monoisotopic (exact) mass is 156 g/mol. The molecule has 0 aromatic carbocycles. The maximum absolute atomic E-state index is 3.21. The Morgan fingerprint density at radius 3 is 2.73 bits per heavy atom. The molecule has 0 spiro atoms. The number of rotatable bonds is 3. The molecule has 0 aromatic heterocycles. The maximum atomic E-state index is 3.21. The van der Waals surface area contributed by atoms with Gasteiger partial charge < -0.3 is 10.2 Å². The molecule has 2 heteroatoms. The summed E-state index contributed by atoms with van der Waals surface area (Å²) < 4.78 is 0. The van der Waals surface area contributed by atoms with Crippen molar-refractivity contribution < 1.29 is 0 Å². The van der Waals surface area contributed by atoms with Crippen LogP contribution >= 0.6 is 0 Å². The highest BCUT2D eigenvalue weighted by Gasteiger charge is 2.32. The summed E-state index contributed by atoms with van der Waals surface area (Å²) in [5, 5.41) is 3.21. The van der Waals surface area contributed by atoms with E-state index in [9.17, 15) is 0 Å². The van der Waals surface area contributed by atoms with E-state index in [1.54, 1.807) is 0 Å². The average Bonchev–Trinajstić information content (AvgIpc) is 2.30. The lowest BCUT2D eigenvalue weighted by Crippen LogP contribution is -2.40. The Morgan fingerprint density at radius 2 is 2.27 bits per heavy atom. The van der Waals surface area contributed by atoms with Gasteiger partial charge in [0.1, 0.15) is 0 Å². The molecule has 2 nitrogen and oxygen atoms in total. The Morgan fingerprint density at radius 1 is 1.55 bits per heavy atom. The predicted molar refractivity (Wildman–Crippen MR) is 48.8 cm³/mol. The number of nitrogens with one attached hydrogen (secondary N) is 1. The molecule has 1 N–H and O–H groups in total. The van der Waals surface area contributed by atoms with Gasteiger partial charge in [0, 0.05) is 5.54 Å². The van der Waals surface area contributed by atoms with E-state index in [1.807, 2.05) is 7.05 Å². The molecule has 0 amide bonds. The van der Waals surface area contributed by atoms with E-state index in [-0.39, 0.29) is 0 Å². The molecule has 1 heterocycles. The molecule has 0 radical (unpaired) electrons. The smallest absolute Gasteiger partial charge is 0.0190 e.